The molecular weight excluding hydrogens is 402 g/mol. The first-order valence-corrected chi connectivity index (χ1v) is 11.5. The molecule has 0 saturated carbocycles. The maximum atomic E-state index is 11.6. The summed E-state index contributed by atoms with van der Waals surface area (Å²) in [5.74, 6) is 1.56. The minimum atomic E-state index is -3.74. The minimum Gasteiger partial charge on any atom is -0.375 e. The minimum absolute atomic E-state index is 0.0734. The third kappa shape index (κ3) is 3.89. The smallest absolute Gasteiger partial charge is 0.238 e. The molecule has 3 heterocycles. The summed E-state index contributed by atoms with van der Waals surface area (Å²) in [7, 11) is -3.74. The van der Waals surface area contributed by atoms with Crippen molar-refractivity contribution in [3.63, 3.8) is 0 Å². The van der Waals surface area contributed by atoms with E-state index in [0.29, 0.717) is 25.1 Å². The summed E-state index contributed by atoms with van der Waals surface area (Å²) in [6.45, 7) is 2.36. The SMILES string of the molecule is NS(=O)(=O)c1ccc(-n2nc(CN3CC4CC3CO4)nc2Cc2ccccc2)cc1. The van der Waals surface area contributed by atoms with E-state index in [2.05, 4.69) is 17.0 Å². The molecule has 1 aromatic heterocycles. The first-order chi connectivity index (χ1) is 14.5. The van der Waals surface area contributed by atoms with Crippen LogP contribution in [0.1, 0.15) is 23.6 Å². The highest BCUT2D eigenvalue weighted by Crippen LogP contribution is 2.29. The highest BCUT2D eigenvalue weighted by atomic mass is 32.2. The van der Waals surface area contributed by atoms with Crippen LogP contribution in [0.25, 0.3) is 5.69 Å². The molecule has 2 N–H and O–H groups in total. The largest absolute Gasteiger partial charge is 0.375 e. The van der Waals surface area contributed by atoms with Crippen LogP contribution in [0.2, 0.25) is 0 Å². The van der Waals surface area contributed by atoms with Crippen molar-refractivity contribution < 1.29 is 13.2 Å². The molecule has 0 radical (unpaired) electrons. The van der Waals surface area contributed by atoms with Crippen molar-refractivity contribution in [3.05, 3.63) is 71.8 Å². The molecule has 5 rings (SSSR count). The van der Waals surface area contributed by atoms with E-state index in [9.17, 15) is 8.42 Å². The van der Waals surface area contributed by atoms with Crippen LogP contribution < -0.4 is 5.14 Å². The fourth-order valence-corrected chi connectivity index (χ4v) is 4.71. The van der Waals surface area contributed by atoms with Gasteiger partial charge in [-0.2, -0.15) is 0 Å². The van der Waals surface area contributed by atoms with Crippen LogP contribution in [0.4, 0.5) is 0 Å². The number of aromatic nitrogens is 3. The Morgan fingerprint density at radius 1 is 1.10 bits per heavy atom. The van der Waals surface area contributed by atoms with Crippen molar-refractivity contribution in [3.8, 4) is 5.69 Å². The summed E-state index contributed by atoms with van der Waals surface area (Å²) < 4.78 is 30.6. The number of rotatable bonds is 6. The number of nitrogens with two attached hydrogens (primary N) is 1. The third-order valence-corrected chi connectivity index (χ3v) is 6.62. The molecule has 2 fully saturated rings. The number of ether oxygens (including phenoxy) is 1. The van der Waals surface area contributed by atoms with Crippen LogP contribution in [-0.2, 0) is 27.7 Å². The van der Waals surface area contributed by atoms with Gasteiger partial charge in [0.05, 0.1) is 29.8 Å². The van der Waals surface area contributed by atoms with Gasteiger partial charge < -0.3 is 4.74 Å². The van der Waals surface area contributed by atoms with Gasteiger partial charge in [0.15, 0.2) is 5.82 Å². The number of nitrogens with zero attached hydrogens (tertiary/aromatic N) is 4. The highest BCUT2D eigenvalue weighted by Gasteiger charge is 2.39. The molecule has 2 aliphatic heterocycles. The van der Waals surface area contributed by atoms with E-state index in [1.54, 1.807) is 16.8 Å². The molecule has 0 spiro atoms. The zero-order chi connectivity index (χ0) is 20.7. The summed E-state index contributed by atoms with van der Waals surface area (Å²) in [5, 5.41) is 9.98. The maximum absolute atomic E-state index is 11.6. The van der Waals surface area contributed by atoms with Crippen molar-refractivity contribution in [2.45, 2.75) is 36.4 Å². The van der Waals surface area contributed by atoms with Gasteiger partial charge in [0.25, 0.3) is 0 Å². The van der Waals surface area contributed by atoms with Gasteiger partial charge in [0, 0.05) is 19.0 Å². The van der Waals surface area contributed by atoms with Gasteiger partial charge in [-0.1, -0.05) is 30.3 Å². The van der Waals surface area contributed by atoms with Gasteiger partial charge in [-0.3, -0.25) is 4.90 Å². The number of sulfonamides is 1. The molecule has 0 aliphatic carbocycles. The number of fused-ring (bicyclic) bond motifs is 2. The van der Waals surface area contributed by atoms with Crippen LogP contribution in [0, 0.1) is 0 Å². The van der Waals surface area contributed by atoms with Crippen LogP contribution >= 0.6 is 0 Å². The lowest BCUT2D eigenvalue weighted by molar-refractivity contribution is 0.0263. The molecule has 2 saturated heterocycles. The van der Waals surface area contributed by atoms with Gasteiger partial charge in [-0.15, -0.1) is 5.10 Å². The normalized spacial score (nSPS) is 21.4. The topological polar surface area (TPSA) is 103 Å². The van der Waals surface area contributed by atoms with Crippen molar-refractivity contribution >= 4 is 10.0 Å². The molecule has 2 aromatic carbocycles. The van der Waals surface area contributed by atoms with E-state index < -0.39 is 10.0 Å². The van der Waals surface area contributed by atoms with Gasteiger partial charge in [0.1, 0.15) is 5.82 Å². The number of primary sulfonamides is 1. The Kier molecular flexibility index (Phi) is 4.90. The van der Waals surface area contributed by atoms with Crippen molar-refractivity contribution in [2.24, 2.45) is 5.14 Å². The predicted molar refractivity (Wildman–Crippen MR) is 111 cm³/mol. The zero-order valence-electron chi connectivity index (χ0n) is 16.4. The Morgan fingerprint density at radius 3 is 2.50 bits per heavy atom. The van der Waals surface area contributed by atoms with Gasteiger partial charge in [-0.25, -0.2) is 23.2 Å². The van der Waals surface area contributed by atoms with Crippen LogP contribution in [0.15, 0.2) is 59.5 Å². The molecule has 3 aromatic rings. The van der Waals surface area contributed by atoms with Crippen molar-refractivity contribution in [1.29, 1.82) is 0 Å². The Bertz CT molecular complexity index is 1150. The Labute approximate surface area is 175 Å². The average molecular weight is 426 g/mol. The quantitative estimate of drug-likeness (QED) is 0.642. The zero-order valence-corrected chi connectivity index (χ0v) is 17.2. The molecule has 2 unspecified atom stereocenters. The van der Waals surface area contributed by atoms with E-state index in [4.69, 9.17) is 20.0 Å². The van der Waals surface area contributed by atoms with E-state index in [-0.39, 0.29) is 4.90 Å². The first-order valence-electron chi connectivity index (χ1n) is 9.93. The second kappa shape index (κ2) is 7.59. The molecule has 2 bridgehead atoms. The Balaban J connectivity index is 1.47. The molecule has 8 nitrogen and oxygen atoms in total. The van der Waals surface area contributed by atoms with E-state index in [1.807, 2.05) is 18.2 Å². The van der Waals surface area contributed by atoms with Crippen molar-refractivity contribution in [1.82, 2.24) is 19.7 Å². The van der Waals surface area contributed by atoms with E-state index in [1.165, 1.54) is 12.1 Å². The van der Waals surface area contributed by atoms with Crippen LogP contribution in [0.5, 0.6) is 0 Å². The Hall–Kier alpha value is -2.59. The fraction of sp³-hybridized carbons (Fsp3) is 0.333. The molecule has 2 atom stereocenters. The van der Waals surface area contributed by atoms with Gasteiger partial charge in [-0.05, 0) is 36.2 Å². The van der Waals surface area contributed by atoms with Gasteiger partial charge in [0.2, 0.25) is 10.0 Å². The number of likely N-dealkylation sites (tertiary alicyclic amines) is 1. The van der Waals surface area contributed by atoms with Crippen LogP contribution in [0.3, 0.4) is 0 Å². The maximum Gasteiger partial charge on any atom is 0.238 e. The van der Waals surface area contributed by atoms with Crippen molar-refractivity contribution in [2.75, 3.05) is 13.2 Å². The lowest BCUT2D eigenvalue weighted by Crippen LogP contribution is -2.36. The molecule has 2 aliphatic rings. The molecule has 156 valence electrons. The number of benzene rings is 2. The summed E-state index contributed by atoms with van der Waals surface area (Å²) in [5.41, 5.74) is 1.88. The fourth-order valence-electron chi connectivity index (χ4n) is 4.19. The summed E-state index contributed by atoms with van der Waals surface area (Å²) in [6.07, 6.45) is 2.03. The second-order valence-corrected chi connectivity index (χ2v) is 9.39. The van der Waals surface area contributed by atoms with E-state index in [0.717, 1.165) is 42.5 Å². The van der Waals surface area contributed by atoms with E-state index >= 15 is 0 Å². The summed E-state index contributed by atoms with van der Waals surface area (Å²) in [6, 6.07) is 16.9. The van der Waals surface area contributed by atoms with Crippen LogP contribution in [-0.4, -0.2) is 53.4 Å². The standard InChI is InChI=1S/C21H23N5O3S/c22-30(27,28)19-8-6-16(7-9-19)26-21(10-15-4-2-1-3-5-15)23-20(24-26)13-25-12-18-11-17(25)14-29-18/h1-9,17-18H,10-14H2,(H2,22,27,28). The summed E-state index contributed by atoms with van der Waals surface area (Å²) >= 11 is 0. The lowest BCUT2D eigenvalue weighted by Gasteiger charge is -2.25. The number of morpholine rings is 1. The average Bonchev–Trinajstić information content (AvgIpc) is 3.44. The highest BCUT2D eigenvalue weighted by molar-refractivity contribution is 7.89. The lowest BCUT2D eigenvalue weighted by atomic mass is 10.1. The number of hydrogen-bond donors (Lipinski definition) is 1. The monoisotopic (exact) mass is 425 g/mol. The number of hydrogen-bond acceptors (Lipinski definition) is 6. The Morgan fingerprint density at radius 2 is 1.87 bits per heavy atom. The second-order valence-electron chi connectivity index (χ2n) is 7.83. The first kappa shape index (κ1) is 19.4. The summed E-state index contributed by atoms with van der Waals surface area (Å²) in [4.78, 5) is 7.28. The molecule has 30 heavy (non-hydrogen) atoms. The molecular formula is C21H23N5O3S. The molecule has 9 heteroatoms. The third-order valence-electron chi connectivity index (χ3n) is 5.69. The molecule has 0 amide bonds. The predicted octanol–water partition coefficient (Wildman–Crippen LogP) is 1.48. The van der Waals surface area contributed by atoms with Gasteiger partial charge >= 0.3 is 0 Å².